The van der Waals surface area contributed by atoms with Crippen molar-refractivity contribution in [2.75, 3.05) is 53.6 Å². The highest BCUT2D eigenvalue weighted by molar-refractivity contribution is 7.12. The number of carbonyl (C=O) groups is 2. The molecule has 0 bridgehead atoms. The fourth-order valence-corrected chi connectivity index (χ4v) is 5.11. The third-order valence-electron chi connectivity index (χ3n) is 6.14. The summed E-state index contributed by atoms with van der Waals surface area (Å²) in [5, 5.41) is 14.9. The summed E-state index contributed by atoms with van der Waals surface area (Å²) in [5.74, 6) is -0.773. The molecule has 8 nitrogen and oxygen atoms in total. The van der Waals surface area contributed by atoms with Crippen LogP contribution in [-0.4, -0.2) is 70.2 Å². The van der Waals surface area contributed by atoms with Gasteiger partial charge in [-0.15, -0.1) is 11.3 Å². The average Bonchev–Trinajstić information content (AvgIpc) is 3.47. The van der Waals surface area contributed by atoms with Gasteiger partial charge in [-0.2, -0.15) is 0 Å². The number of Topliss-reactive ketones (excluding diaryl/α,β-unsaturated/α-hetero) is 1. The molecule has 1 unspecified atom stereocenters. The van der Waals surface area contributed by atoms with Crippen LogP contribution in [0.4, 0.5) is 0 Å². The first-order valence-electron chi connectivity index (χ1n) is 11.0. The summed E-state index contributed by atoms with van der Waals surface area (Å²) in [7, 11) is 3.07. The van der Waals surface area contributed by atoms with Crippen LogP contribution in [-0.2, 0) is 9.53 Å². The Kier molecular flexibility index (Phi) is 7.32. The zero-order chi connectivity index (χ0) is 23.4. The molecule has 2 aliphatic heterocycles. The number of quaternary nitrogens is 1. The molecule has 1 fully saturated rings. The molecule has 1 aromatic carbocycles. The molecule has 1 saturated heterocycles. The van der Waals surface area contributed by atoms with Crippen molar-refractivity contribution in [2.45, 2.75) is 12.5 Å². The van der Waals surface area contributed by atoms with Crippen LogP contribution in [0.1, 0.15) is 27.7 Å². The topological polar surface area (TPSA) is 92.6 Å². The van der Waals surface area contributed by atoms with Crippen LogP contribution in [0.5, 0.6) is 11.5 Å². The molecule has 0 saturated carbocycles. The van der Waals surface area contributed by atoms with Crippen LogP contribution in [0.3, 0.4) is 0 Å². The predicted octanol–water partition coefficient (Wildman–Crippen LogP) is 0.451. The van der Waals surface area contributed by atoms with E-state index in [-0.39, 0.29) is 5.57 Å². The molecule has 2 aliphatic rings. The molecule has 9 heteroatoms. The van der Waals surface area contributed by atoms with Gasteiger partial charge >= 0.3 is 0 Å². The largest absolute Gasteiger partial charge is 0.868 e. The molecule has 3 heterocycles. The van der Waals surface area contributed by atoms with Crippen molar-refractivity contribution < 1.29 is 33.8 Å². The third-order valence-corrected chi connectivity index (χ3v) is 7.00. The highest BCUT2D eigenvalue weighted by atomic mass is 32.1. The van der Waals surface area contributed by atoms with Crippen molar-refractivity contribution in [3.63, 3.8) is 0 Å². The molecule has 1 aromatic heterocycles. The number of hydrogen-bond acceptors (Lipinski definition) is 7. The second kappa shape index (κ2) is 10.4. The van der Waals surface area contributed by atoms with Gasteiger partial charge in [0.1, 0.15) is 24.6 Å². The van der Waals surface area contributed by atoms with E-state index in [1.54, 1.807) is 42.8 Å². The van der Waals surface area contributed by atoms with Crippen molar-refractivity contribution in [3.8, 4) is 11.5 Å². The summed E-state index contributed by atoms with van der Waals surface area (Å²) < 4.78 is 16.3. The molecule has 0 radical (unpaired) electrons. The molecular weight excluding hydrogens is 444 g/mol. The number of ketones is 1. The number of nitrogens with zero attached hydrogens (tertiary/aromatic N) is 1. The number of thiophene rings is 1. The monoisotopic (exact) mass is 472 g/mol. The fourth-order valence-electron chi connectivity index (χ4n) is 4.43. The molecule has 176 valence electrons. The number of rotatable bonds is 9. The van der Waals surface area contributed by atoms with E-state index < -0.39 is 23.5 Å². The van der Waals surface area contributed by atoms with E-state index >= 15 is 0 Å². The van der Waals surface area contributed by atoms with E-state index in [1.165, 1.54) is 28.2 Å². The van der Waals surface area contributed by atoms with Crippen molar-refractivity contribution in [1.82, 2.24) is 4.90 Å². The van der Waals surface area contributed by atoms with E-state index in [2.05, 4.69) is 0 Å². The van der Waals surface area contributed by atoms with Crippen molar-refractivity contribution in [3.05, 3.63) is 57.5 Å². The lowest BCUT2D eigenvalue weighted by Crippen LogP contribution is -3.14. The molecule has 33 heavy (non-hydrogen) atoms. The van der Waals surface area contributed by atoms with Gasteiger partial charge in [0, 0.05) is 24.1 Å². The fraction of sp³-hybridized carbons (Fsp3) is 0.417. The van der Waals surface area contributed by atoms with Crippen molar-refractivity contribution in [1.29, 1.82) is 0 Å². The van der Waals surface area contributed by atoms with Gasteiger partial charge in [0.15, 0.2) is 0 Å². The molecule has 0 aliphatic carbocycles. The Morgan fingerprint density at radius 3 is 2.70 bits per heavy atom. The molecule has 1 atom stereocenters. The second-order valence-corrected chi connectivity index (χ2v) is 8.97. The highest BCUT2D eigenvalue weighted by Gasteiger charge is 2.41. The third kappa shape index (κ3) is 4.75. The lowest BCUT2D eigenvalue weighted by molar-refractivity contribution is -0.908. The van der Waals surface area contributed by atoms with Crippen LogP contribution in [0.2, 0.25) is 0 Å². The number of methoxy groups -OCH3 is 2. The van der Waals surface area contributed by atoms with Crippen LogP contribution < -0.4 is 19.5 Å². The van der Waals surface area contributed by atoms with Crippen molar-refractivity contribution >= 4 is 23.0 Å². The maximum absolute atomic E-state index is 13.4. The number of amides is 1. The predicted molar refractivity (Wildman–Crippen MR) is 121 cm³/mol. The lowest BCUT2D eigenvalue weighted by Gasteiger charge is -2.30. The Morgan fingerprint density at radius 1 is 1.24 bits per heavy atom. The van der Waals surface area contributed by atoms with Gasteiger partial charge in [0.2, 0.25) is 11.7 Å². The first kappa shape index (κ1) is 23.3. The molecule has 2 aromatic rings. The SMILES string of the molecule is COc1ccc(OC)c(C2C(C(=O)c3cccs3)=C([O-])C(=O)N2CCC[NH+]2CCOCC2)c1. The number of morpholine rings is 1. The second-order valence-electron chi connectivity index (χ2n) is 8.02. The van der Waals surface area contributed by atoms with Crippen LogP contribution in [0, 0.1) is 0 Å². The first-order chi connectivity index (χ1) is 16.0. The Morgan fingerprint density at radius 2 is 2.03 bits per heavy atom. The summed E-state index contributed by atoms with van der Waals surface area (Å²) in [5.41, 5.74) is 0.530. The molecule has 4 rings (SSSR count). The van der Waals surface area contributed by atoms with Crippen LogP contribution in [0.25, 0.3) is 0 Å². The smallest absolute Gasteiger partial charge is 0.239 e. The number of nitrogens with one attached hydrogen (secondary N) is 1. The Bertz CT molecular complexity index is 1030. The molecule has 1 amide bonds. The normalized spacial score (nSPS) is 19.3. The van der Waals surface area contributed by atoms with Gasteiger partial charge in [-0.1, -0.05) is 6.07 Å². The van der Waals surface area contributed by atoms with Gasteiger partial charge < -0.3 is 29.1 Å². The molecule has 1 N–H and O–H groups in total. The van der Waals surface area contributed by atoms with Gasteiger partial charge in [0.05, 0.1) is 44.9 Å². The summed E-state index contributed by atoms with van der Waals surface area (Å²) in [6.45, 7) is 4.53. The number of ether oxygens (including phenoxy) is 3. The van der Waals surface area contributed by atoms with E-state index in [4.69, 9.17) is 14.2 Å². The minimum Gasteiger partial charge on any atom is -0.868 e. The maximum atomic E-state index is 13.4. The quantitative estimate of drug-likeness (QED) is 0.533. The summed E-state index contributed by atoms with van der Waals surface area (Å²) in [6, 6.07) is 7.80. The van der Waals surface area contributed by atoms with Gasteiger partial charge in [-0.05, 0) is 35.4 Å². The Balaban J connectivity index is 1.68. The lowest BCUT2D eigenvalue weighted by atomic mass is 9.94. The number of carbonyl (C=O) groups excluding carboxylic acids is 2. The Hall–Kier alpha value is -2.88. The number of benzene rings is 1. The minimum atomic E-state index is -0.829. The van der Waals surface area contributed by atoms with Crippen LogP contribution in [0.15, 0.2) is 47.0 Å². The van der Waals surface area contributed by atoms with E-state index in [1.807, 2.05) is 0 Å². The Labute approximate surface area is 197 Å². The zero-order valence-corrected chi connectivity index (χ0v) is 19.6. The van der Waals surface area contributed by atoms with Crippen LogP contribution >= 0.6 is 11.3 Å². The van der Waals surface area contributed by atoms with Crippen molar-refractivity contribution in [2.24, 2.45) is 0 Å². The van der Waals surface area contributed by atoms with E-state index in [9.17, 15) is 14.7 Å². The van der Waals surface area contributed by atoms with Gasteiger partial charge in [-0.25, -0.2) is 0 Å². The highest BCUT2D eigenvalue weighted by Crippen LogP contribution is 2.43. The minimum absolute atomic E-state index is 0.0345. The van der Waals surface area contributed by atoms with Gasteiger partial charge in [0.25, 0.3) is 0 Å². The first-order valence-corrected chi connectivity index (χ1v) is 11.9. The summed E-state index contributed by atoms with van der Waals surface area (Å²) in [6.07, 6.45) is 0.706. The number of hydrogen-bond donors (Lipinski definition) is 1. The summed E-state index contributed by atoms with van der Waals surface area (Å²) in [4.78, 5) is 29.8. The van der Waals surface area contributed by atoms with E-state index in [0.29, 0.717) is 34.9 Å². The average molecular weight is 473 g/mol. The standard InChI is InChI=1S/C24H28N2O6S/c1-30-16-6-7-18(31-2)17(15-16)21-20(22(27)19-5-3-14-33-19)23(28)24(29)26(21)9-4-8-25-10-12-32-13-11-25/h3,5-7,14-15,21,28H,4,8-13H2,1-2H3. The van der Waals surface area contributed by atoms with Gasteiger partial charge in [-0.3, -0.25) is 9.59 Å². The summed E-state index contributed by atoms with van der Waals surface area (Å²) >= 11 is 1.25. The maximum Gasteiger partial charge on any atom is 0.239 e. The molecular formula is C24H28N2O6S. The van der Waals surface area contributed by atoms with E-state index in [0.717, 1.165) is 32.8 Å². The zero-order valence-electron chi connectivity index (χ0n) is 18.8. The molecule has 0 spiro atoms.